The zero-order valence-electron chi connectivity index (χ0n) is 12.5. The molecule has 1 saturated heterocycles. The van der Waals surface area contributed by atoms with E-state index in [0.717, 1.165) is 16.5 Å². The maximum atomic E-state index is 12.6. The van der Waals surface area contributed by atoms with Gasteiger partial charge < -0.3 is 4.42 Å². The molecule has 1 amide bonds. The van der Waals surface area contributed by atoms with Crippen molar-refractivity contribution in [2.24, 2.45) is 0 Å². The zero-order valence-corrected chi connectivity index (χ0v) is 14.1. The molecule has 118 valence electrons. The number of hydrogen-bond acceptors (Lipinski definition) is 5. The number of amides is 1. The lowest BCUT2D eigenvalue weighted by atomic mass is 10.1. The van der Waals surface area contributed by atoms with E-state index in [1.165, 1.54) is 11.8 Å². The fraction of sp³-hybridized carbons (Fsp3) is 0.0556. The van der Waals surface area contributed by atoms with Gasteiger partial charge in [0, 0.05) is 11.6 Å². The minimum absolute atomic E-state index is 0.0901. The Labute approximate surface area is 148 Å². The standard InChI is InChI=1S/C18H12N2O2S2/c21-17-16(24-18(23)20(17)11-14-4-2-8-22-14)10-12-5-6-15-13(9-12)3-1-7-19-15/h1-10H,11H2. The number of aromatic nitrogens is 1. The zero-order chi connectivity index (χ0) is 16.5. The number of furan rings is 1. The van der Waals surface area contributed by atoms with E-state index in [0.29, 0.717) is 21.5 Å². The van der Waals surface area contributed by atoms with Crippen LogP contribution in [-0.4, -0.2) is 20.1 Å². The first-order chi connectivity index (χ1) is 11.7. The summed E-state index contributed by atoms with van der Waals surface area (Å²) in [4.78, 5) is 19.1. The van der Waals surface area contributed by atoms with Crippen molar-refractivity contribution >= 4 is 51.2 Å². The average Bonchev–Trinajstić information content (AvgIpc) is 3.19. The third kappa shape index (κ3) is 2.86. The number of fused-ring (bicyclic) bond motifs is 1. The molecule has 2 aromatic heterocycles. The Morgan fingerprint density at radius 3 is 3.00 bits per heavy atom. The highest BCUT2D eigenvalue weighted by atomic mass is 32.2. The van der Waals surface area contributed by atoms with Crippen LogP contribution in [0.3, 0.4) is 0 Å². The Morgan fingerprint density at radius 2 is 2.17 bits per heavy atom. The van der Waals surface area contributed by atoms with E-state index in [4.69, 9.17) is 16.6 Å². The van der Waals surface area contributed by atoms with Crippen LogP contribution in [0.25, 0.3) is 17.0 Å². The quantitative estimate of drug-likeness (QED) is 0.521. The molecule has 6 heteroatoms. The molecule has 1 aromatic carbocycles. The molecule has 4 rings (SSSR count). The van der Waals surface area contributed by atoms with E-state index in [9.17, 15) is 4.79 Å². The van der Waals surface area contributed by atoms with Crippen LogP contribution in [0.5, 0.6) is 0 Å². The van der Waals surface area contributed by atoms with E-state index in [1.807, 2.05) is 42.5 Å². The molecular weight excluding hydrogens is 340 g/mol. The van der Waals surface area contributed by atoms with Crippen LogP contribution in [0.15, 0.2) is 64.2 Å². The number of benzene rings is 1. The van der Waals surface area contributed by atoms with Crippen LogP contribution in [0.4, 0.5) is 0 Å². The van der Waals surface area contributed by atoms with Gasteiger partial charge >= 0.3 is 0 Å². The van der Waals surface area contributed by atoms with Crippen LogP contribution in [0.1, 0.15) is 11.3 Å². The van der Waals surface area contributed by atoms with E-state index in [2.05, 4.69) is 4.98 Å². The van der Waals surface area contributed by atoms with Gasteiger partial charge in [0.25, 0.3) is 5.91 Å². The molecule has 0 unspecified atom stereocenters. The van der Waals surface area contributed by atoms with Crippen molar-refractivity contribution in [3.05, 3.63) is 71.2 Å². The van der Waals surface area contributed by atoms with Gasteiger partial charge in [-0.15, -0.1) is 0 Å². The summed E-state index contributed by atoms with van der Waals surface area (Å²) in [7, 11) is 0. The van der Waals surface area contributed by atoms with Crippen LogP contribution in [-0.2, 0) is 11.3 Å². The summed E-state index contributed by atoms with van der Waals surface area (Å²) >= 11 is 6.65. The lowest BCUT2D eigenvalue weighted by Crippen LogP contribution is -2.27. The van der Waals surface area contributed by atoms with Crippen molar-refractivity contribution in [1.29, 1.82) is 0 Å². The van der Waals surface area contributed by atoms with Gasteiger partial charge in [0.1, 0.15) is 10.1 Å². The maximum Gasteiger partial charge on any atom is 0.266 e. The van der Waals surface area contributed by atoms with Crippen LogP contribution in [0, 0.1) is 0 Å². The minimum atomic E-state index is -0.0901. The molecule has 0 saturated carbocycles. The van der Waals surface area contributed by atoms with Crippen LogP contribution < -0.4 is 0 Å². The highest BCUT2D eigenvalue weighted by Crippen LogP contribution is 2.33. The number of hydrogen-bond donors (Lipinski definition) is 0. The molecule has 24 heavy (non-hydrogen) atoms. The molecule has 3 aromatic rings. The third-order valence-corrected chi connectivity index (χ3v) is 5.07. The molecular formula is C18H12N2O2S2. The van der Waals surface area contributed by atoms with Crippen molar-refractivity contribution in [2.45, 2.75) is 6.54 Å². The Hall–Kier alpha value is -2.44. The van der Waals surface area contributed by atoms with Crippen LogP contribution in [0.2, 0.25) is 0 Å². The molecule has 0 spiro atoms. The molecule has 0 bridgehead atoms. The Morgan fingerprint density at radius 1 is 1.25 bits per heavy atom. The normalized spacial score (nSPS) is 16.5. The Kier molecular flexibility index (Phi) is 3.92. The van der Waals surface area contributed by atoms with Crippen molar-refractivity contribution in [3.8, 4) is 0 Å². The predicted molar refractivity (Wildman–Crippen MR) is 99.2 cm³/mol. The molecule has 3 heterocycles. The largest absolute Gasteiger partial charge is 0.467 e. The molecule has 0 N–H and O–H groups in total. The summed E-state index contributed by atoms with van der Waals surface area (Å²) in [6.45, 7) is 0.358. The van der Waals surface area contributed by atoms with Crippen molar-refractivity contribution in [2.75, 3.05) is 0 Å². The smallest absolute Gasteiger partial charge is 0.266 e. The molecule has 0 aliphatic carbocycles. The average molecular weight is 352 g/mol. The number of rotatable bonds is 3. The number of thiocarbonyl (C=S) groups is 1. The van der Waals surface area contributed by atoms with E-state index in [-0.39, 0.29) is 5.91 Å². The van der Waals surface area contributed by atoms with Gasteiger partial charge in [-0.2, -0.15) is 0 Å². The number of nitrogens with zero attached hydrogens (tertiary/aromatic N) is 2. The van der Waals surface area contributed by atoms with Crippen molar-refractivity contribution < 1.29 is 9.21 Å². The number of thioether (sulfide) groups is 1. The molecule has 0 atom stereocenters. The first-order valence-electron chi connectivity index (χ1n) is 7.33. The Balaban J connectivity index is 1.62. The van der Waals surface area contributed by atoms with E-state index >= 15 is 0 Å². The lowest BCUT2D eigenvalue weighted by Gasteiger charge is -2.11. The lowest BCUT2D eigenvalue weighted by molar-refractivity contribution is -0.122. The molecule has 4 nitrogen and oxygen atoms in total. The van der Waals surface area contributed by atoms with Gasteiger partial charge in [0.15, 0.2) is 0 Å². The van der Waals surface area contributed by atoms with Crippen LogP contribution >= 0.6 is 24.0 Å². The molecule has 0 radical (unpaired) electrons. The number of pyridine rings is 1. The molecule has 1 aliphatic rings. The second-order valence-corrected chi connectivity index (χ2v) is 6.98. The summed E-state index contributed by atoms with van der Waals surface area (Å²) in [6, 6.07) is 13.4. The number of carbonyl (C=O) groups is 1. The van der Waals surface area contributed by atoms with Crippen molar-refractivity contribution in [3.63, 3.8) is 0 Å². The topological polar surface area (TPSA) is 46.3 Å². The van der Waals surface area contributed by atoms with Gasteiger partial charge in [-0.1, -0.05) is 36.1 Å². The third-order valence-electron chi connectivity index (χ3n) is 3.69. The molecule has 1 aliphatic heterocycles. The summed E-state index contributed by atoms with van der Waals surface area (Å²) in [5, 5.41) is 1.04. The van der Waals surface area contributed by atoms with Crippen molar-refractivity contribution in [1.82, 2.24) is 9.88 Å². The summed E-state index contributed by atoms with van der Waals surface area (Å²) in [6.07, 6.45) is 5.22. The van der Waals surface area contributed by atoms with Gasteiger partial charge in [0.05, 0.1) is 23.2 Å². The van der Waals surface area contributed by atoms with Gasteiger partial charge in [-0.25, -0.2) is 0 Å². The summed E-state index contributed by atoms with van der Waals surface area (Å²) in [5.74, 6) is 0.622. The summed E-state index contributed by atoms with van der Waals surface area (Å²) in [5.41, 5.74) is 1.88. The van der Waals surface area contributed by atoms with E-state index < -0.39 is 0 Å². The Bertz CT molecular complexity index is 964. The SMILES string of the molecule is O=C1C(=Cc2ccc3ncccc3c2)SC(=S)N1Cc1ccco1. The fourth-order valence-electron chi connectivity index (χ4n) is 2.53. The monoisotopic (exact) mass is 352 g/mol. The highest BCUT2D eigenvalue weighted by Gasteiger charge is 2.32. The molecule has 1 fully saturated rings. The first-order valence-corrected chi connectivity index (χ1v) is 8.56. The second-order valence-electron chi connectivity index (χ2n) is 5.30. The maximum absolute atomic E-state index is 12.6. The van der Waals surface area contributed by atoms with Gasteiger partial charge in [-0.3, -0.25) is 14.7 Å². The fourth-order valence-corrected chi connectivity index (χ4v) is 3.79. The number of carbonyl (C=O) groups excluding carboxylic acids is 1. The van der Waals surface area contributed by atoms with E-state index in [1.54, 1.807) is 23.4 Å². The first kappa shape index (κ1) is 15.1. The highest BCUT2D eigenvalue weighted by molar-refractivity contribution is 8.26. The van der Waals surface area contributed by atoms with Gasteiger partial charge in [0.2, 0.25) is 0 Å². The second kappa shape index (κ2) is 6.22. The predicted octanol–water partition coefficient (Wildman–Crippen LogP) is 4.23. The summed E-state index contributed by atoms with van der Waals surface area (Å²) < 4.78 is 5.85. The van der Waals surface area contributed by atoms with Gasteiger partial charge in [-0.05, 0) is 42.0 Å². The minimum Gasteiger partial charge on any atom is -0.467 e.